The molecule has 2 aliphatic heterocycles. The van der Waals surface area contributed by atoms with E-state index in [-0.39, 0.29) is 23.4 Å². The summed E-state index contributed by atoms with van der Waals surface area (Å²) in [5.41, 5.74) is 1.59. The number of nitrogens with one attached hydrogen (secondary N) is 1. The van der Waals surface area contributed by atoms with Crippen molar-refractivity contribution in [1.82, 2.24) is 4.90 Å². The van der Waals surface area contributed by atoms with E-state index in [2.05, 4.69) is 10.2 Å². The molecule has 7 nitrogen and oxygen atoms in total. The topological polar surface area (TPSA) is 84.9 Å². The Hall–Kier alpha value is -2.58. The maximum atomic E-state index is 12.6. The summed E-state index contributed by atoms with van der Waals surface area (Å²) in [6, 6.07) is 12.4. The highest BCUT2D eigenvalue weighted by Crippen LogP contribution is 2.37. The van der Waals surface area contributed by atoms with Gasteiger partial charge in [-0.2, -0.15) is 0 Å². The molecule has 4 rings (SSSR count). The molecule has 0 aromatic heterocycles. The molecular formula is C21H24N2O5S. The number of hydrogen-bond donors (Lipinski definition) is 1. The van der Waals surface area contributed by atoms with Crippen LogP contribution in [0.4, 0.5) is 5.69 Å². The molecule has 1 unspecified atom stereocenters. The molecule has 2 heterocycles. The van der Waals surface area contributed by atoms with Gasteiger partial charge in [0, 0.05) is 18.0 Å². The summed E-state index contributed by atoms with van der Waals surface area (Å²) in [6.45, 7) is 2.17. The van der Waals surface area contributed by atoms with Gasteiger partial charge in [0.25, 0.3) is 0 Å². The molecule has 0 spiro atoms. The Morgan fingerprint density at radius 1 is 1.14 bits per heavy atom. The predicted octanol–water partition coefficient (Wildman–Crippen LogP) is 2.64. The van der Waals surface area contributed by atoms with E-state index in [0.717, 1.165) is 42.7 Å². The highest BCUT2D eigenvalue weighted by atomic mass is 32.2. The highest BCUT2D eigenvalue weighted by molar-refractivity contribution is 7.90. The first kappa shape index (κ1) is 19.7. The number of carbonyl (C=O) groups excluding carboxylic acids is 1. The average Bonchev–Trinajstić information content (AvgIpc) is 3.15. The van der Waals surface area contributed by atoms with Crippen molar-refractivity contribution in [2.45, 2.75) is 23.8 Å². The zero-order valence-corrected chi connectivity index (χ0v) is 17.1. The lowest BCUT2D eigenvalue weighted by Crippen LogP contribution is -2.33. The SMILES string of the molecule is CS(=O)(=O)c1cccc(NC(=O)CN2CCCC2c2ccc3c(c2)OCCO3)c1. The van der Waals surface area contributed by atoms with Crippen LogP contribution in [0.3, 0.4) is 0 Å². The van der Waals surface area contributed by atoms with Gasteiger partial charge in [-0.05, 0) is 55.3 Å². The summed E-state index contributed by atoms with van der Waals surface area (Å²) < 4.78 is 34.7. The minimum atomic E-state index is -3.32. The fraction of sp³-hybridized carbons (Fsp3) is 0.381. The van der Waals surface area contributed by atoms with Crippen LogP contribution in [0.1, 0.15) is 24.4 Å². The second-order valence-electron chi connectivity index (χ2n) is 7.38. The Balaban J connectivity index is 1.44. The molecule has 1 atom stereocenters. The van der Waals surface area contributed by atoms with Crippen molar-refractivity contribution in [2.24, 2.45) is 0 Å². The standard InChI is InChI=1S/C21H24N2O5S/c1-29(25,26)17-5-2-4-16(13-17)22-21(24)14-23-9-3-6-18(23)15-7-8-19-20(12-15)28-11-10-27-19/h2,4-5,7-8,12-13,18H,3,6,9-11,14H2,1H3,(H,22,24). The summed E-state index contributed by atoms with van der Waals surface area (Å²) in [5, 5.41) is 2.81. The Morgan fingerprint density at radius 3 is 2.72 bits per heavy atom. The highest BCUT2D eigenvalue weighted by Gasteiger charge is 2.28. The first-order valence-electron chi connectivity index (χ1n) is 9.64. The fourth-order valence-corrected chi connectivity index (χ4v) is 4.52. The summed E-state index contributed by atoms with van der Waals surface area (Å²) in [4.78, 5) is 14.9. The average molecular weight is 416 g/mol. The van der Waals surface area contributed by atoms with Crippen LogP contribution in [0.2, 0.25) is 0 Å². The van der Waals surface area contributed by atoms with Gasteiger partial charge in [0.15, 0.2) is 21.3 Å². The molecule has 2 aromatic rings. The van der Waals surface area contributed by atoms with E-state index in [9.17, 15) is 13.2 Å². The second-order valence-corrected chi connectivity index (χ2v) is 9.40. The molecule has 1 saturated heterocycles. The van der Waals surface area contributed by atoms with Crippen molar-refractivity contribution >= 4 is 21.4 Å². The number of ether oxygens (including phenoxy) is 2. The normalized spacial score (nSPS) is 19.1. The van der Waals surface area contributed by atoms with Gasteiger partial charge < -0.3 is 14.8 Å². The van der Waals surface area contributed by atoms with Crippen LogP contribution in [-0.4, -0.2) is 51.8 Å². The number of benzene rings is 2. The van der Waals surface area contributed by atoms with E-state index in [1.165, 1.54) is 12.1 Å². The fourth-order valence-electron chi connectivity index (χ4n) is 3.85. The van der Waals surface area contributed by atoms with E-state index in [4.69, 9.17) is 9.47 Å². The van der Waals surface area contributed by atoms with Crippen molar-refractivity contribution in [3.63, 3.8) is 0 Å². The second kappa shape index (κ2) is 8.04. The van der Waals surface area contributed by atoms with Crippen LogP contribution < -0.4 is 14.8 Å². The molecule has 0 aliphatic carbocycles. The number of hydrogen-bond acceptors (Lipinski definition) is 6. The van der Waals surface area contributed by atoms with E-state index < -0.39 is 9.84 Å². The van der Waals surface area contributed by atoms with E-state index in [1.54, 1.807) is 12.1 Å². The third kappa shape index (κ3) is 4.54. The Bertz CT molecular complexity index is 1020. The van der Waals surface area contributed by atoms with Crippen molar-refractivity contribution in [3.05, 3.63) is 48.0 Å². The third-order valence-corrected chi connectivity index (χ3v) is 6.32. The van der Waals surface area contributed by atoms with Crippen LogP contribution in [-0.2, 0) is 14.6 Å². The zero-order valence-electron chi connectivity index (χ0n) is 16.3. The van der Waals surface area contributed by atoms with Crippen LogP contribution >= 0.6 is 0 Å². The molecular weight excluding hydrogens is 392 g/mol. The van der Waals surface area contributed by atoms with E-state index >= 15 is 0 Å². The Morgan fingerprint density at radius 2 is 1.93 bits per heavy atom. The van der Waals surface area contributed by atoms with Crippen molar-refractivity contribution in [2.75, 3.05) is 37.9 Å². The molecule has 0 saturated carbocycles. The molecule has 1 amide bonds. The van der Waals surface area contributed by atoms with Gasteiger partial charge in [-0.25, -0.2) is 8.42 Å². The minimum absolute atomic E-state index is 0.138. The van der Waals surface area contributed by atoms with Gasteiger partial charge in [-0.3, -0.25) is 9.69 Å². The number of carbonyl (C=O) groups is 1. The number of fused-ring (bicyclic) bond motifs is 1. The number of amides is 1. The van der Waals surface area contributed by atoms with E-state index in [1.807, 2.05) is 18.2 Å². The van der Waals surface area contributed by atoms with Gasteiger partial charge in [0.1, 0.15) is 13.2 Å². The summed E-state index contributed by atoms with van der Waals surface area (Å²) in [5.74, 6) is 1.34. The maximum Gasteiger partial charge on any atom is 0.238 e. The molecule has 0 radical (unpaired) electrons. The Kier molecular flexibility index (Phi) is 5.47. The smallest absolute Gasteiger partial charge is 0.238 e. The quantitative estimate of drug-likeness (QED) is 0.807. The van der Waals surface area contributed by atoms with Crippen LogP contribution in [0, 0.1) is 0 Å². The number of anilines is 1. The largest absolute Gasteiger partial charge is 0.486 e. The predicted molar refractivity (Wildman–Crippen MR) is 109 cm³/mol. The first-order valence-corrected chi connectivity index (χ1v) is 11.5. The zero-order chi connectivity index (χ0) is 20.4. The molecule has 29 heavy (non-hydrogen) atoms. The minimum Gasteiger partial charge on any atom is -0.486 e. The third-order valence-electron chi connectivity index (χ3n) is 5.21. The van der Waals surface area contributed by atoms with Crippen molar-refractivity contribution < 1.29 is 22.7 Å². The van der Waals surface area contributed by atoms with Gasteiger partial charge in [-0.15, -0.1) is 0 Å². The molecule has 0 bridgehead atoms. The number of rotatable bonds is 5. The van der Waals surface area contributed by atoms with Crippen LogP contribution in [0.5, 0.6) is 11.5 Å². The Labute approximate surface area is 170 Å². The molecule has 1 N–H and O–H groups in total. The summed E-state index contributed by atoms with van der Waals surface area (Å²) >= 11 is 0. The number of nitrogens with zero attached hydrogens (tertiary/aromatic N) is 1. The number of likely N-dealkylation sites (tertiary alicyclic amines) is 1. The van der Waals surface area contributed by atoms with Gasteiger partial charge in [0.2, 0.25) is 5.91 Å². The molecule has 1 fully saturated rings. The van der Waals surface area contributed by atoms with Crippen molar-refractivity contribution in [1.29, 1.82) is 0 Å². The summed E-state index contributed by atoms with van der Waals surface area (Å²) in [6.07, 6.45) is 3.13. The molecule has 8 heteroatoms. The van der Waals surface area contributed by atoms with Gasteiger partial charge in [0.05, 0.1) is 11.4 Å². The lowest BCUT2D eigenvalue weighted by molar-refractivity contribution is -0.117. The lowest BCUT2D eigenvalue weighted by Gasteiger charge is -2.26. The lowest BCUT2D eigenvalue weighted by atomic mass is 10.0. The van der Waals surface area contributed by atoms with E-state index in [0.29, 0.717) is 18.9 Å². The molecule has 2 aromatic carbocycles. The maximum absolute atomic E-state index is 12.6. The van der Waals surface area contributed by atoms with Crippen LogP contribution in [0.15, 0.2) is 47.4 Å². The number of sulfone groups is 1. The monoisotopic (exact) mass is 416 g/mol. The summed E-state index contributed by atoms with van der Waals surface area (Å²) in [7, 11) is -3.32. The molecule has 2 aliphatic rings. The molecule has 154 valence electrons. The van der Waals surface area contributed by atoms with Gasteiger partial charge in [-0.1, -0.05) is 12.1 Å². The van der Waals surface area contributed by atoms with Crippen LogP contribution in [0.25, 0.3) is 0 Å². The van der Waals surface area contributed by atoms with Gasteiger partial charge >= 0.3 is 0 Å². The first-order chi connectivity index (χ1) is 13.9. The van der Waals surface area contributed by atoms with Crippen molar-refractivity contribution in [3.8, 4) is 11.5 Å².